The highest BCUT2D eigenvalue weighted by molar-refractivity contribution is 6.31. The molecule has 0 aliphatic carbocycles. The third-order valence-corrected chi connectivity index (χ3v) is 4.52. The Hall–Kier alpha value is -2.88. The molecule has 1 atom stereocenters. The average Bonchev–Trinajstić information content (AvgIpc) is 2.60. The van der Waals surface area contributed by atoms with Crippen LogP contribution in [0, 0.1) is 5.82 Å². The predicted octanol–water partition coefficient (Wildman–Crippen LogP) is 2.61. The highest BCUT2D eigenvalue weighted by Crippen LogP contribution is 2.47. The number of dihydropyridines is 1. The molecule has 1 aliphatic heterocycles. The molecule has 1 aromatic carbocycles. The minimum absolute atomic E-state index is 0.0158. The molecule has 1 N–H and O–H groups in total. The van der Waals surface area contributed by atoms with E-state index in [9.17, 15) is 37.1 Å². The van der Waals surface area contributed by atoms with E-state index in [0.29, 0.717) is 12.1 Å². The fraction of sp³-hybridized carbons (Fsp3) is 0.316. The Morgan fingerprint density at radius 2 is 1.87 bits per heavy atom. The first-order chi connectivity index (χ1) is 13.8. The van der Waals surface area contributed by atoms with Gasteiger partial charge < -0.3 is 20.0 Å². The van der Waals surface area contributed by atoms with Gasteiger partial charge in [-0.3, -0.25) is 4.79 Å². The number of allylic oxidation sites excluding steroid dienone is 2. The molecule has 0 fully saturated rings. The topological polar surface area (TPSA) is 95.5 Å². The van der Waals surface area contributed by atoms with Gasteiger partial charge in [0.05, 0.1) is 39.8 Å². The van der Waals surface area contributed by atoms with Crippen LogP contribution in [0.1, 0.15) is 37.8 Å². The number of rotatable bonds is 5. The Morgan fingerprint density at radius 1 is 1.27 bits per heavy atom. The van der Waals surface area contributed by atoms with E-state index >= 15 is 0 Å². The Labute approximate surface area is 173 Å². The highest BCUT2D eigenvalue weighted by atomic mass is 35.5. The standard InChI is InChI=1S/C19H16ClF4NO5/c1-7(2)30-18(29)12-8(3)25-11(6-26)14(17(27)28)15(12)13-10(21)5-4-9(20)16(13)19(22,23)24/h4-7,15,25H,1-3H3,(H,27,28)/p-1. The summed E-state index contributed by atoms with van der Waals surface area (Å²) in [6.07, 6.45) is -5.92. The van der Waals surface area contributed by atoms with Crippen LogP contribution in [0.15, 0.2) is 34.7 Å². The number of nitrogens with one attached hydrogen (secondary N) is 1. The van der Waals surface area contributed by atoms with Gasteiger partial charge in [0.25, 0.3) is 0 Å². The summed E-state index contributed by atoms with van der Waals surface area (Å²) in [5.41, 5.74) is -5.47. The summed E-state index contributed by atoms with van der Waals surface area (Å²) in [6.45, 7) is 4.11. The largest absolute Gasteiger partial charge is 0.545 e. The van der Waals surface area contributed by atoms with Crippen LogP contribution in [0.4, 0.5) is 17.6 Å². The first-order valence-electron chi connectivity index (χ1n) is 8.45. The molecule has 0 bridgehead atoms. The van der Waals surface area contributed by atoms with Gasteiger partial charge in [0, 0.05) is 16.8 Å². The predicted molar refractivity (Wildman–Crippen MR) is 94.3 cm³/mol. The summed E-state index contributed by atoms with van der Waals surface area (Å²) >= 11 is 5.67. The minimum Gasteiger partial charge on any atom is -0.545 e. The second kappa shape index (κ2) is 8.47. The zero-order chi connectivity index (χ0) is 23.0. The maximum absolute atomic E-state index is 14.8. The van der Waals surface area contributed by atoms with E-state index in [1.54, 1.807) is 0 Å². The summed E-state index contributed by atoms with van der Waals surface area (Å²) in [6, 6.07) is 1.25. The Kier molecular flexibility index (Phi) is 6.60. The van der Waals surface area contributed by atoms with Crippen LogP contribution in [-0.4, -0.2) is 24.3 Å². The fourth-order valence-electron chi connectivity index (χ4n) is 3.15. The number of esters is 1. The number of carbonyl (C=O) groups is 3. The molecule has 1 unspecified atom stereocenters. The molecule has 1 aromatic rings. The number of carbonyl (C=O) groups excluding carboxylic acids is 3. The molecule has 0 amide bonds. The highest BCUT2D eigenvalue weighted by Gasteiger charge is 2.45. The van der Waals surface area contributed by atoms with Crippen molar-refractivity contribution in [2.45, 2.75) is 39.0 Å². The van der Waals surface area contributed by atoms with Crippen molar-refractivity contribution >= 4 is 29.8 Å². The lowest BCUT2D eigenvalue weighted by Crippen LogP contribution is -2.39. The van der Waals surface area contributed by atoms with E-state index in [-0.39, 0.29) is 12.0 Å². The van der Waals surface area contributed by atoms with Gasteiger partial charge in [0.2, 0.25) is 0 Å². The molecule has 0 aromatic heterocycles. The molecule has 0 saturated carbocycles. The summed E-state index contributed by atoms with van der Waals surface area (Å²) in [5, 5.41) is 13.2. The van der Waals surface area contributed by atoms with Crippen LogP contribution < -0.4 is 10.4 Å². The van der Waals surface area contributed by atoms with Gasteiger partial charge in [-0.25, -0.2) is 9.18 Å². The van der Waals surface area contributed by atoms with Crippen molar-refractivity contribution in [2.24, 2.45) is 0 Å². The maximum Gasteiger partial charge on any atom is 0.418 e. The molecule has 162 valence electrons. The number of carboxylic acid groups (broad SMARTS) is 1. The van der Waals surface area contributed by atoms with E-state index in [0.717, 1.165) is 0 Å². The average molecular weight is 449 g/mol. The summed E-state index contributed by atoms with van der Waals surface area (Å²) in [4.78, 5) is 35.8. The smallest absolute Gasteiger partial charge is 0.418 e. The third kappa shape index (κ3) is 4.33. The second-order valence-electron chi connectivity index (χ2n) is 6.60. The van der Waals surface area contributed by atoms with Crippen molar-refractivity contribution in [3.8, 4) is 0 Å². The molecule has 0 radical (unpaired) electrons. The van der Waals surface area contributed by atoms with E-state index in [1.807, 2.05) is 0 Å². The molecule has 11 heteroatoms. The number of halogens is 5. The van der Waals surface area contributed by atoms with Gasteiger partial charge in [0.15, 0.2) is 6.29 Å². The molecular weight excluding hydrogens is 434 g/mol. The summed E-state index contributed by atoms with van der Waals surface area (Å²) in [7, 11) is 0. The summed E-state index contributed by atoms with van der Waals surface area (Å²) < 4.78 is 61.0. The Bertz CT molecular complexity index is 982. The van der Waals surface area contributed by atoms with Crippen molar-refractivity contribution in [3.05, 3.63) is 56.6 Å². The molecule has 1 heterocycles. The molecule has 1 aliphatic rings. The molecule has 0 spiro atoms. The lowest BCUT2D eigenvalue weighted by atomic mass is 9.78. The van der Waals surface area contributed by atoms with Gasteiger partial charge >= 0.3 is 12.1 Å². The summed E-state index contributed by atoms with van der Waals surface area (Å²) in [5.74, 6) is -6.93. The first-order valence-corrected chi connectivity index (χ1v) is 8.83. The second-order valence-corrected chi connectivity index (χ2v) is 7.01. The van der Waals surface area contributed by atoms with Crippen LogP contribution in [0.3, 0.4) is 0 Å². The Balaban J connectivity index is 2.98. The van der Waals surface area contributed by atoms with Crippen LogP contribution in [-0.2, 0) is 25.3 Å². The van der Waals surface area contributed by atoms with E-state index in [2.05, 4.69) is 5.32 Å². The number of ether oxygens (including phenoxy) is 1. The minimum atomic E-state index is -5.21. The van der Waals surface area contributed by atoms with E-state index < -0.39 is 68.9 Å². The van der Waals surface area contributed by atoms with Crippen molar-refractivity contribution in [2.75, 3.05) is 0 Å². The molecule has 30 heavy (non-hydrogen) atoms. The van der Waals surface area contributed by atoms with Crippen molar-refractivity contribution in [3.63, 3.8) is 0 Å². The number of hydrogen-bond acceptors (Lipinski definition) is 6. The van der Waals surface area contributed by atoms with Crippen LogP contribution >= 0.6 is 11.6 Å². The van der Waals surface area contributed by atoms with Crippen molar-refractivity contribution in [1.29, 1.82) is 0 Å². The number of aldehydes is 1. The van der Waals surface area contributed by atoms with Gasteiger partial charge in [-0.15, -0.1) is 0 Å². The third-order valence-electron chi connectivity index (χ3n) is 4.21. The zero-order valence-corrected chi connectivity index (χ0v) is 16.6. The van der Waals surface area contributed by atoms with Crippen molar-refractivity contribution < 1.29 is 41.8 Å². The van der Waals surface area contributed by atoms with Gasteiger partial charge in [-0.05, 0) is 32.9 Å². The van der Waals surface area contributed by atoms with Crippen molar-refractivity contribution in [1.82, 2.24) is 5.32 Å². The lowest BCUT2D eigenvalue weighted by molar-refractivity contribution is -0.299. The monoisotopic (exact) mass is 448 g/mol. The van der Waals surface area contributed by atoms with Gasteiger partial charge in [-0.2, -0.15) is 13.2 Å². The normalized spacial score (nSPS) is 17.2. The number of alkyl halides is 3. The quantitative estimate of drug-likeness (QED) is 0.422. The molecular formula is C19H15ClF4NO5-. The first kappa shape index (κ1) is 23.4. The lowest BCUT2D eigenvalue weighted by Gasteiger charge is -2.33. The molecule has 0 saturated heterocycles. The number of benzene rings is 1. The number of hydrogen-bond donors (Lipinski definition) is 1. The van der Waals surface area contributed by atoms with Crippen LogP contribution in [0.2, 0.25) is 5.02 Å². The van der Waals surface area contributed by atoms with Gasteiger partial charge in [-0.1, -0.05) is 11.6 Å². The van der Waals surface area contributed by atoms with E-state index in [4.69, 9.17) is 16.3 Å². The molecule has 2 rings (SSSR count). The number of carboxylic acids is 1. The fourth-order valence-corrected chi connectivity index (χ4v) is 3.42. The van der Waals surface area contributed by atoms with E-state index in [1.165, 1.54) is 20.8 Å². The molecule has 6 nitrogen and oxygen atoms in total. The maximum atomic E-state index is 14.8. The SMILES string of the molecule is CC1=C(C(=O)OC(C)C)C(c2c(F)ccc(Cl)c2C(F)(F)F)C(C(=O)[O-])=C(C=O)N1. The van der Waals surface area contributed by atoms with Crippen LogP contribution in [0.5, 0.6) is 0 Å². The zero-order valence-electron chi connectivity index (χ0n) is 15.8. The van der Waals surface area contributed by atoms with Crippen LogP contribution in [0.25, 0.3) is 0 Å². The van der Waals surface area contributed by atoms with Gasteiger partial charge in [0.1, 0.15) is 5.82 Å². The Morgan fingerprint density at radius 3 is 2.33 bits per heavy atom. The number of aliphatic carboxylic acids is 1.